The van der Waals surface area contributed by atoms with Crippen molar-refractivity contribution < 1.29 is 23.4 Å². The van der Waals surface area contributed by atoms with Crippen LogP contribution in [0.1, 0.15) is 64.3 Å². The Kier molecular flexibility index (Phi) is 13.0. The van der Waals surface area contributed by atoms with Crippen molar-refractivity contribution in [2.75, 3.05) is 66.1 Å². The number of rotatable bonds is 11. The lowest BCUT2D eigenvalue weighted by atomic mass is 9.82. The van der Waals surface area contributed by atoms with E-state index >= 15 is 0 Å². The van der Waals surface area contributed by atoms with Gasteiger partial charge in [-0.3, -0.25) is 14.7 Å². The molecule has 2 aliphatic rings. The SMILES string of the molecule is COC[C@@H]1CN(CCN2CCN(C(=O)OC(C)(C)C)[C@@H](C(O[SiH](c3ccccc3)c3ccccc3)c3ccc(C)c(C(C)(C)C)c3)C2)CCO1. The molecule has 3 atom stereocenters. The molecule has 3 aromatic rings. The van der Waals surface area contributed by atoms with Crippen molar-refractivity contribution in [2.45, 2.75) is 77.7 Å². The highest BCUT2D eigenvalue weighted by Gasteiger charge is 2.41. The average Bonchev–Trinajstić information content (AvgIpc) is 3.08. The van der Waals surface area contributed by atoms with Crippen LogP contribution in [-0.2, 0) is 24.1 Å². The molecule has 50 heavy (non-hydrogen) atoms. The molecular weight excluding hydrogens is 643 g/mol. The fourth-order valence-corrected chi connectivity index (χ4v) is 9.67. The predicted molar refractivity (Wildman–Crippen MR) is 204 cm³/mol. The third-order valence-electron chi connectivity index (χ3n) is 9.67. The Morgan fingerprint density at radius 3 is 2.06 bits per heavy atom. The van der Waals surface area contributed by atoms with Crippen LogP contribution in [0.2, 0.25) is 0 Å². The lowest BCUT2D eigenvalue weighted by Crippen LogP contribution is -2.60. The van der Waals surface area contributed by atoms with Crippen LogP contribution in [0.5, 0.6) is 0 Å². The van der Waals surface area contributed by atoms with E-state index in [2.05, 4.69) is 116 Å². The van der Waals surface area contributed by atoms with E-state index in [1.165, 1.54) is 21.5 Å². The number of hydrogen-bond donors (Lipinski definition) is 0. The Balaban J connectivity index is 1.54. The number of hydrogen-bond acceptors (Lipinski definition) is 7. The molecule has 2 aliphatic heterocycles. The van der Waals surface area contributed by atoms with Crippen molar-refractivity contribution in [1.82, 2.24) is 14.7 Å². The van der Waals surface area contributed by atoms with Gasteiger partial charge in [0, 0.05) is 52.9 Å². The number of ether oxygens (including phenoxy) is 3. The summed E-state index contributed by atoms with van der Waals surface area (Å²) in [5.41, 5.74) is 2.98. The molecular formula is C41H59N3O5Si. The van der Waals surface area contributed by atoms with E-state index in [4.69, 9.17) is 18.6 Å². The van der Waals surface area contributed by atoms with Crippen LogP contribution >= 0.6 is 0 Å². The number of morpholine rings is 1. The summed E-state index contributed by atoms with van der Waals surface area (Å²) in [5, 5.41) is 2.42. The second-order valence-corrected chi connectivity index (χ2v) is 18.2. The summed E-state index contributed by atoms with van der Waals surface area (Å²) < 4.78 is 25.0. The molecule has 0 aliphatic carbocycles. The van der Waals surface area contributed by atoms with Crippen molar-refractivity contribution in [3.8, 4) is 0 Å². The second-order valence-electron chi connectivity index (χ2n) is 15.9. The zero-order chi connectivity index (χ0) is 35.9. The number of benzene rings is 3. The molecule has 0 saturated carbocycles. The number of carbonyl (C=O) groups excluding carboxylic acids is 1. The molecule has 3 aromatic carbocycles. The summed E-state index contributed by atoms with van der Waals surface area (Å²) >= 11 is 0. The number of aryl methyl sites for hydroxylation is 1. The van der Waals surface area contributed by atoms with Gasteiger partial charge in [-0.05, 0) is 60.2 Å². The normalized spacial score (nSPS) is 20.2. The summed E-state index contributed by atoms with van der Waals surface area (Å²) in [5.74, 6) is 0. The minimum absolute atomic E-state index is 0.0530. The fraction of sp³-hybridized carbons (Fsp3) is 0.537. The Morgan fingerprint density at radius 2 is 1.48 bits per heavy atom. The molecule has 8 nitrogen and oxygen atoms in total. The maximum atomic E-state index is 14.1. The second kappa shape index (κ2) is 17.0. The molecule has 0 bridgehead atoms. The quantitative estimate of drug-likeness (QED) is 0.256. The highest BCUT2D eigenvalue weighted by atomic mass is 28.3. The van der Waals surface area contributed by atoms with E-state index < -0.39 is 14.6 Å². The first-order valence-corrected chi connectivity index (χ1v) is 19.9. The van der Waals surface area contributed by atoms with Gasteiger partial charge in [-0.15, -0.1) is 0 Å². The largest absolute Gasteiger partial charge is 0.444 e. The lowest BCUT2D eigenvalue weighted by Gasteiger charge is -2.46. The molecule has 5 rings (SSSR count). The lowest BCUT2D eigenvalue weighted by molar-refractivity contribution is -0.0648. The van der Waals surface area contributed by atoms with Crippen LogP contribution in [0.3, 0.4) is 0 Å². The molecule has 0 N–H and O–H groups in total. The van der Waals surface area contributed by atoms with E-state index in [9.17, 15) is 4.79 Å². The molecule has 9 heteroatoms. The zero-order valence-corrected chi connectivity index (χ0v) is 32.7. The third kappa shape index (κ3) is 10.3. The minimum Gasteiger partial charge on any atom is -0.444 e. The molecule has 2 saturated heterocycles. The van der Waals surface area contributed by atoms with Gasteiger partial charge in [0.25, 0.3) is 0 Å². The molecule has 272 valence electrons. The van der Waals surface area contributed by atoms with Crippen LogP contribution in [0.4, 0.5) is 4.79 Å². The molecule has 2 fully saturated rings. The van der Waals surface area contributed by atoms with Gasteiger partial charge in [-0.25, -0.2) is 4.79 Å². The first-order chi connectivity index (χ1) is 23.8. The standard InChI is InChI=1S/C41H59N3O5Si/c1-31-19-20-32(27-36(31)40(2,3)4)38(49-50(34-15-11-9-12-16-34)35-17-13-10-14-18-35)37-29-42(23-24-44(37)39(45)48-41(5,6)7)21-22-43-25-26-47-33(28-43)30-46-8/h9-20,27,33,37-38,50H,21-26,28-30H2,1-8H3/t33-,37+,38?/m0/s1. The van der Waals surface area contributed by atoms with Gasteiger partial charge in [-0.2, -0.15) is 0 Å². The Bertz CT molecular complexity index is 1470. The summed E-state index contributed by atoms with van der Waals surface area (Å²) in [7, 11) is -0.496. The smallest absolute Gasteiger partial charge is 0.410 e. The number of piperazine rings is 1. The summed E-state index contributed by atoms with van der Waals surface area (Å²) in [6.45, 7) is 21.7. The van der Waals surface area contributed by atoms with Crippen molar-refractivity contribution >= 4 is 25.5 Å². The first-order valence-electron chi connectivity index (χ1n) is 18.2. The highest BCUT2D eigenvalue weighted by molar-refractivity contribution is 6.80. The Morgan fingerprint density at radius 1 is 0.860 bits per heavy atom. The van der Waals surface area contributed by atoms with Crippen LogP contribution in [0.15, 0.2) is 78.9 Å². The summed E-state index contributed by atoms with van der Waals surface area (Å²) in [6.07, 6.45) is -0.564. The van der Waals surface area contributed by atoms with Gasteiger partial charge < -0.3 is 18.6 Å². The molecule has 0 aromatic heterocycles. The number of nitrogens with zero attached hydrogens (tertiary/aromatic N) is 3. The van der Waals surface area contributed by atoms with Crippen LogP contribution in [0, 0.1) is 6.92 Å². The van der Waals surface area contributed by atoms with Crippen LogP contribution in [-0.4, -0.2) is 114 Å². The molecule has 0 radical (unpaired) electrons. The number of carbonyl (C=O) groups is 1. The zero-order valence-electron chi connectivity index (χ0n) is 31.6. The van der Waals surface area contributed by atoms with E-state index in [0.717, 1.165) is 38.3 Å². The molecule has 2 heterocycles. The fourth-order valence-electron chi connectivity index (χ4n) is 7.20. The molecule has 1 unspecified atom stereocenters. The molecule has 0 spiro atoms. The van der Waals surface area contributed by atoms with Crippen LogP contribution < -0.4 is 10.4 Å². The summed E-state index contributed by atoms with van der Waals surface area (Å²) in [4.78, 5) is 21.0. The Labute approximate surface area is 302 Å². The number of methoxy groups -OCH3 is 1. The van der Waals surface area contributed by atoms with E-state index in [-0.39, 0.29) is 29.8 Å². The summed E-state index contributed by atoms with van der Waals surface area (Å²) in [6, 6.07) is 27.8. The maximum absolute atomic E-state index is 14.1. The topological polar surface area (TPSA) is 63.7 Å². The van der Waals surface area contributed by atoms with Gasteiger partial charge in [-0.1, -0.05) is 99.6 Å². The predicted octanol–water partition coefficient (Wildman–Crippen LogP) is 5.16. The Hall–Kier alpha value is -3.05. The number of amides is 1. The van der Waals surface area contributed by atoms with Gasteiger partial charge in [0.1, 0.15) is 5.60 Å². The average molecular weight is 702 g/mol. The van der Waals surface area contributed by atoms with Gasteiger partial charge in [0.2, 0.25) is 9.04 Å². The van der Waals surface area contributed by atoms with E-state index in [1.807, 2.05) is 25.7 Å². The van der Waals surface area contributed by atoms with Crippen molar-refractivity contribution in [1.29, 1.82) is 0 Å². The minimum atomic E-state index is -2.23. The highest BCUT2D eigenvalue weighted by Crippen LogP contribution is 2.34. The van der Waals surface area contributed by atoms with Crippen LogP contribution in [0.25, 0.3) is 0 Å². The third-order valence-corrected chi connectivity index (χ3v) is 12.2. The van der Waals surface area contributed by atoms with Gasteiger partial charge in [0.05, 0.1) is 31.5 Å². The first kappa shape index (κ1) is 38.2. The monoisotopic (exact) mass is 701 g/mol. The molecule has 1 amide bonds. The van der Waals surface area contributed by atoms with E-state index in [0.29, 0.717) is 26.3 Å². The van der Waals surface area contributed by atoms with Crippen molar-refractivity contribution in [2.24, 2.45) is 0 Å². The van der Waals surface area contributed by atoms with Crippen molar-refractivity contribution in [3.05, 3.63) is 95.6 Å². The maximum Gasteiger partial charge on any atom is 0.410 e. The van der Waals surface area contributed by atoms with Crippen molar-refractivity contribution in [3.63, 3.8) is 0 Å². The van der Waals surface area contributed by atoms with Gasteiger partial charge in [0.15, 0.2) is 0 Å². The van der Waals surface area contributed by atoms with E-state index in [1.54, 1.807) is 7.11 Å². The van der Waals surface area contributed by atoms with Gasteiger partial charge >= 0.3 is 6.09 Å².